The van der Waals surface area contributed by atoms with Gasteiger partial charge in [0.25, 0.3) is 5.56 Å². The number of aromatic nitrogens is 2. The number of H-pyrrole nitrogens is 2. The molecule has 0 amide bonds. The number of ether oxygens (including phenoxy) is 2. The molecule has 6 nitrogen and oxygen atoms in total. The molecule has 2 heterocycles. The van der Waals surface area contributed by atoms with Gasteiger partial charge in [-0.05, 0) is 61.6 Å². The van der Waals surface area contributed by atoms with Gasteiger partial charge in [-0.1, -0.05) is 12.1 Å². The topological polar surface area (TPSA) is 84.2 Å². The van der Waals surface area contributed by atoms with Crippen LogP contribution in [0.4, 0.5) is 13.2 Å². The molecule has 9 heteroatoms. The molecule has 0 fully saturated rings. The van der Waals surface area contributed by atoms with Gasteiger partial charge >= 0.3 is 5.97 Å². The van der Waals surface area contributed by atoms with Gasteiger partial charge in [-0.3, -0.25) is 14.7 Å². The molecule has 2 aromatic carbocycles. The summed E-state index contributed by atoms with van der Waals surface area (Å²) in [5.41, 5.74) is 1.67. The molecule has 0 spiro atoms. The van der Waals surface area contributed by atoms with E-state index in [0.717, 1.165) is 41.9 Å². The van der Waals surface area contributed by atoms with Gasteiger partial charge in [0.1, 0.15) is 11.4 Å². The van der Waals surface area contributed by atoms with Crippen LogP contribution in [0.5, 0.6) is 5.75 Å². The molecule has 34 heavy (non-hydrogen) atoms. The summed E-state index contributed by atoms with van der Waals surface area (Å²) in [6.45, 7) is 4.06. The number of hydrogen-bond donors (Lipinski definition) is 2. The predicted octanol–water partition coefficient (Wildman–Crippen LogP) is 4.51. The van der Waals surface area contributed by atoms with Crippen LogP contribution in [0, 0.1) is 17.5 Å². The number of hydrogen-bond acceptors (Lipinski definition) is 4. The van der Waals surface area contributed by atoms with E-state index >= 15 is 0 Å². The second-order valence-corrected chi connectivity index (χ2v) is 9.08. The molecule has 3 aromatic rings. The average molecular weight is 474 g/mol. The summed E-state index contributed by atoms with van der Waals surface area (Å²) in [5.74, 6) is -5.36. The van der Waals surface area contributed by atoms with Crippen molar-refractivity contribution in [2.75, 3.05) is 7.11 Å². The third-order valence-corrected chi connectivity index (χ3v) is 6.14. The fourth-order valence-electron chi connectivity index (χ4n) is 4.35. The first-order valence-electron chi connectivity index (χ1n) is 10.9. The van der Waals surface area contributed by atoms with Crippen LogP contribution in [0.3, 0.4) is 0 Å². The second-order valence-electron chi connectivity index (χ2n) is 9.08. The lowest BCUT2D eigenvalue weighted by molar-refractivity contribution is -0.140. The van der Waals surface area contributed by atoms with Gasteiger partial charge in [0.15, 0.2) is 17.5 Å². The quantitative estimate of drug-likeness (QED) is 0.407. The van der Waals surface area contributed by atoms with Crippen molar-refractivity contribution in [2.45, 2.75) is 51.0 Å². The van der Waals surface area contributed by atoms with E-state index in [9.17, 15) is 22.8 Å². The van der Waals surface area contributed by atoms with Crippen LogP contribution in [-0.2, 0) is 22.4 Å². The SMILES string of the molecule is COC(=O)C[C@H](c1cc(F)c(F)c(F)c1)c1c(Cc2ccc3c(c2)CCC(C)(C)O3)[nH][nH]c1=O. The number of aromatic amines is 2. The van der Waals surface area contributed by atoms with Gasteiger partial charge in [0.2, 0.25) is 0 Å². The minimum Gasteiger partial charge on any atom is -0.488 e. The normalized spacial score (nSPS) is 15.4. The molecule has 0 aliphatic carbocycles. The molecule has 1 aromatic heterocycles. The van der Waals surface area contributed by atoms with Crippen LogP contribution in [-0.4, -0.2) is 28.9 Å². The summed E-state index contributed by atoms with van der Waals surface area (Å²) in [5, 5.41) is 5.31. The third-order valence-electron chi connectivity index (χ3n) is 6.14. The number of benzene rings is 2. The van der Waals surface area contributed by atoms with Gasteiger partial charge < -0.3 is 14.6 Å². The number of methoxy groups -OCH3 is 1. The minimum absolute atomic E-state index is 0.0470. The maximum atomic E-state index is 14.0. The smallest absolute Gasteiger partial charge is 0.306 e. The molecule has 0 unspecified atom stereocenters. The van der Waals surface area contributed by atoms with Crippen LogP contribution in [0.2, 0.25) is 0 Å². The van der Waals surface area contributed by atoms with Crippen molar-refractivity contribution in [1.82, 2.24) is 10.2 Å². The molecule has 4 rings (SSSR count). The van der Waals surface area contributed by atoms with Gasteiger partial charge in [0, 0.05) is 23.6 Å². The highest BCUT2D eigenvalue weighted by Gasteiger charge is 2.29. The van der Waals surface area contributed by atoms with E-state index in [2.05, 4.69) is 10.2 Å². The van der Waals surface area contributed by atoms with Crippen molar-refractivity contribution in [1.29, 1.82) is 0 Å². The van der Waals surface area contributed by atoms with E-state index in [-0.39, 0.29) is 29.6 Å². The van der Waals surface area contributed by atoms with Crippen LogP contribution < -0.4 is 10.3 Å². The summed E-state index contributed by atoms with van der Waals surface area (Å²) in [6.07, 6.45) is 1.63. The number of carbonyl (C=O) groups is 1. The average Bonchev–Trinajstić information content (AvgIpc) is 3.14. The van der Waals surface area contributed by atoms with Crippen molar-refractivity contribution in [3.8, 4) is 5.75 Å². The van der Waals surface area contributed by atoms with Crippen LogP contribution >= 0.6 is 0 Å². The Morgan fingerprint density at radius 3 is 2.53 bits per heavy atom. The zero-order valence-corrected chi connectivity index (χ0v) is 19.1. The number of halogens is 3. The zero-order chi connectivity index (χ0) is 24.6. The molecule has 2 N–H and O–H groups in total. The van der Waals surface area contributed by atoms with Crippen molar-refractivity contribution in [2.24, 2.45) is 0 Å². The van der Waals surface area contributed by atoms with E-state index < -0.39 is 34.9 Å². The fourth-order valence-corrected chi connectivity index (χ4v) is 4.35. The zero-order valence-electron chi connectivity index (χ0n) is 19.1. The van der Waals surface area contributed by atoms with E-state index in [4.69, 9.17) is 9.47 Å². The standard InChI is InChI=1S/C25H25F3N2O4/c1-25(2)7-6-14-8-13(4-5-20(14)34-25)9-19-22(24(32)30-29-19)16(12-21(31)33-3)15-10-17(26)23(28)18(27)11-15/h4-5,8,10-11,16H,6-7,9,12H2,1-3H3,(H2,29,30,32)/t16-/m1/s1. The fraction of sp³-hybridized carbons (Fsp3) is 0.360. The van der Waals surface area contributed by atoms with E-state index in [1.807, 2.05) is 32.0 Å². The van der Waals surface area contributed by atoms with Crippen LogP contribution in [0.25, 0.3) is 0 Å². The van der Waals surface area contributed by atoms with Crippen molar-refractivity contribution < 1.29 is 27.4 Å². The lowest BCUT2D eigenvalue weighted by Crippen LogP contribution is -2.32. The van der Waals surface area contributed by atoms with E-state index in [1.54, 1.807) is 0 Å². The van der Waals surface area contributed by atoms with Gasteiger partial charge in [-0.25, -0.2) is 13.2 Å². The number of esters is 1. The van der Waals surface area contributed by atoms with Crippen molar-refractivity contribution >= 4 is 5.97 Å². The largest absolute Gasteiger partial charge is 0.488 e. The van der Waals surface area contributed by atoms with Crippen molar-refractivity contribution in [3.05, 3.63) is 86.1 Å². The molecule has 1 aliphatic heterocycles. The molecule has 0 saturated heterocycles. The molecule has 1 atom stereocenters. The first-order chi connectivity index (χ1) is 16.1. The molecule has 0 saturated carbocycles. The Balaban J connectivity index is 1.72. The van der Waals surface area contributed by atoms with E-state index in [1.165, 1.54) is 7.11 Å². The summed E-state index contributed by atoms with van der Waals surface area (Å²) < 4.78 is 52.3. The monoisotopic (exact) mass is 474 g/mol. The third kappa shape index (κ3) is 4.73. The van der Waals surface area contributed by atoms with Gasteiger partial charge in [0.05, 0.1) is 13.5 Å². The molecule has 0 radical (unpaired) electrons. The Morgan fingerprint density at radius 1 is 1.15 bits per heavy atom. The lowest BCUT2D eigenvalue weighted by Gasteiger charge is -2.32. The summed E-state index contributed by atoms with van der Waals surface area (Å²) in [4.78, 5) is 24.8. The Morgan fingerprint density at radius 2 is 1.85 bits per heavy atom. The highest BCUT2D eigenvalue weighted by atomic mass is 19.2. The number of nitrogens with one attached hydrogen (secondary N) is 2. The maximum absolute atomic E-state index is 14.0. The first-order valence-corrected chi connectivity index (χ1v) is 10.9. The second kappa shape index (κ2) is 9.04. The molecule has 180 valence electrons. The number of carbonyl (C=O) groups excluding carboxylic acids is 1. The highest BCUT2D eigenvalue weighted by molar-refractivity contribution is 5.71. The van der Waals surface area contributed by atoms with Gasteiger partial charge in [-0.15, -0.1) is 0 Å². The highest BCUT2D eigenvalue weighted by Crippen LogP contribution is 2.35. The Kier molecular flexibility index (Phi) is 6.29. The number of aryl methyl sites for hydroxylation is 1. The summed E-state index contributed by atoms with van der Waals surface area (Å²) in [7, 11) is 1.17. The maximum Gasteiger partial charge on any atom is 0.306 e. The predicted molar refractivity (Wildman–Crippen MR) is 118 cm³/mol. The van der Waals surface area contributed by atoms with Crippen LogP contribution in [0.1, 0.15) is 60.6 Å². The lowest BCUT2D eigenvalue weighted by atomic mass is 9.86. The molecular weight excluding hydrogens is 449 g/mol. The van der Waals surface area contributed by atoms with Crippen LogP contribution in [0.15, 0.2) is 35.1 Å². The molecular formula is C25H25F3N2O4. The minimum atomic E-state index is -1.62. The summed E-state index contributed by atoms with van der Waals surface area (Å²) >= 11 is 0. The number of fused-ring (bicyclic) bond motifs is 1. The Bertz CT molecular complexity index is 1270. The molecule has 1 aliphatic rings. The first kappa shape index (κ1) is 23.7. The van der Waals surface area contributed by atoms with Gasteiger partial charge in [-0.2, -0.15) is 0 Å². The van der Waals surface area contributed by atoms with E-state index in [0.29, 0.717) is 5.69 Å². The summed E-state index contributed by atoms with van der Waals surface area (Å²) in [6, 6.07) is 7.33. The Hall–Kier alpha value is -3.49. The van der Waals surface area contributed by atoms with Crippen molar-refractivity contribution in [3.63, 3.8) is 0 Å². The molecule has 0 bridgehead atoms. The number of rotatable bonds is 6. The Labute approximate surface area is 194 Å².